The van der Waals surface area contributed by atoms with E-state index < -0.39 is 18.1 Å². The number of H-pyrrole nitrogens is 1. The molecule has 0 fully saturated rings. The predicted octanol–water partition coefficient (Wildman–Crippen LogP) is 1.82. The van der Waals surface area contributed by atoms with Crippen LogP contribution in [0.15, 0.2) is 17.1 Å². The van der Waals surface area contributed by atoms with Gasteiger partial charge in [0.2, 0.25) is 5.88 Å². The van der Waals surface area contributed by atoms with Crippen LogP contribution in [0, 0.1) is 0 Å². The predicted molar refractivity (Wildman–Crippen MR) is 104 cm³/mol. The van der Waals surface area contributed by atoms with Gasteiger partial charge in [0, 0.05) is 11.8 Å². The van der Waals surface area contributed by atoms with Crippen LogP contribution in [0.1, 0.15) is 43.2 Å². The minimum Gasteiger partial charge on any atom is -0.480 e. The molecule has 0 unspecified atom stereocenters. The summed E-state index contributed by atoms with van der Waals surface area (Å²) < 4.78 is 6.79. The number of nitrogens with zero attached hydrogens (tertiary/aromatic N) is 4. The lowest BCUT2D eigenvalue weighted by Crippen LogP contribution is -2.17. The fourth-order valence-electron chi connectivity index (χ4n) is 2.89. The number of carbonyl (C=O) groups is 2. The van der Waals surface area contributed by atoms with Gasteiger partial charge in [-0.15, -0.1) is 0 Å². The molecule has 0 saturated heterocycles. The normalized spacial score (nSPS) is 11.0. The van der Waals surface area contributed by atoms with Crippen molar-refractivity contribution in [2.45, 2.75) is 40.2 Å². The Morgan fingerprint density at radius 2 is 2.07 bits per heavy atom. The van der Waals surface area contributed by atoms with Crippen molar-refractivity contribution in [1.29, 1.82) is 0 Å². The number of fused-ring (bicyclic) bond motifs is 1. The molecule has 10 nitrogen and oxygen atoms in total. The van der Waals surface area contributed by atoms with Crippen LogP contribution in [0.5, 0.6) is 5.88 Å². The van der Waals surface area contributed by atoms with Gasteiger partial charge in [-0.25, -0.2) is 14.6 Å². The van der Waals surface area contributed by atoms with Crippen LogP contribution in [-0.4, -0.2) is 48.2 Å². The van der Waals surface area contributed by atoms with E-state index in [1.165, 1.54) is 13.1 Å². The largest absolute Gasteiger partial charge is 0.480 e. The number of rotatable bonds is 8. The quantitative estimate of drug-likeness (QED) is 0.547. The SMILES string of the molecule is CCCOc1ncc(C(C)=O)cc1-c1nc2c(CC)nn(CC(=O)O)c2c(=O)[nH]1. The molecule has 0 aliphatic rings. The highest BCUT2D eigenvalue weighted by Gasteiger charge is 2.20. The Bertz CT molecular complexity index is 1150. The van der Waals surface area contributed by atoms with Gasteiger partial charge in [-0.2, -0.15) is 5.10 Å². The smallest absolute Gasteiger partial charge is 0.325 e. The number of Topliss-reactive ketones (excluding diaryl/α,β-unsaturated/α-hetero) is 1. The van der Waals surface area contributed by atoms with E-state index in [2.05, 4.69) is 20.1 Å². The highest BCUT2D eigenvalue weighted by atomic mass is 16.5. The fourth-order valence-corrected chi connectivity index (χ4v) is 2.89. The second kappa shape index (κ2) is 8.21. The Labute approximate surface area is 165 Å². The monoisotopic (exact) mass is 399 g/mol. The van der Waals surface area contributed by atoms with Crippen molar-refractivity contribution in [2.24, 2.45) is 0 Å². The molecule has 0 bridgehead atoms. The molecule has 0 atom stereocenters. The fraction of sp³-hybridized carbons (Fsp3) is 0.368. The van der Waals surface area contributed by atoms with E-state index in [-0.39, 0.29) is 23.0 Å². The molecule has 10 heteroatoms. The third-order valence-electron chi connectivity index (χ3n) is 4.24. The molecule has 0 radical (unpaired) electrons. The molecule has 0 saturated carbocycles. The highest BCUT2D eigenvalue weighted by Crippen LogP contribution is 2.28. The van der Waals surface area contributed by atoms with Crippen molar-refractivity contribution in [3.8, 4) is 17.3 Å². The van der Waals surface area contributed by atoms with Crippen LogP contribution in [0.3, 0.4) is 0 Å². The summed E-state index contributed by atoms with van der Waals surface area (Å²) in [4.78, 5) is 47.0. The summed E-state index contributed by atoms with van der Waals surface area (Å²) in [6, 6.07) is 1.57. The summed E-state index contributed by atoms with van der Waals surface area (Å²) in [5, 5.41) is 13.3. The first-order valence-electron chi connectivity index (χ1n) is 9.21. The van der Waals surface area contributed by atoms with E-state index in [0.717, 1.165) is 11.1 Å². The molecule has 0 aliphatic carbocycles. The molecule has 0 spiro atoms. The summed E-state index contributed by atoms with van der Waals surface area (Å²) in [7, 11) is 0. The van der Waals surface area contributed by atoms with Crippen molar-refractivity contribution < 1.29 is 19.4 Å². The van der Waals surface area contributed by atoms with E-state index in [1.807, 2.05) is 13.8 Å². The van der Waals surface area contributed by atoms with Crippen molar-refractivity contribution in [2.75, 3.05) is 6.61 Å². The van der Waals surface area contributed by atoms with Crippen LogP contribution in [0.2, 0.25) is 0 Å². The van der Waals surface area contributed by atoms with E-state index in [1.54, 1.807) is 6.07 Å². The van der Waals surface area contributed by atoms with Gasteiger partial charge < -0.3 is 14.8 Å². The first-order chi connectivity index (χ1) is 13.8. The molecule has 0 aromatic carbocycles. The molecular weight excluding hydrogens is 378 g/mol. The first-order valence-corrected chi connectivity index (χ1v) is 9.21. The van der Waals surface area contributed by atoms with Gasteiger partial charge in [0.15, 0.2) is 11.3 Å². The van der Waals surface area contributed by atoms with Gasteiger partial charge >= 0.3 is 5.97 Å². The summed E-state index contributed by atoms with van der Waals surface area (Å²) >= 11 is 0. The molecular formula is C19H21N5O5. The lowest BCUT2D eigenvalue weighted by molar-refractivity contribution is -0.137. The molecule has 3 rings (SSSR count). The number of ketones is 1. The molecule has 0 amide bonds. The molecule has 3 heterocycles. The average molecular weight is 399 g/mol. The number of nitrogens with one attached hydrogen (secondary N) is 1. The average Bonchev–Trinajstić information content (AvgIpc) is 3.03. The Balaban J connectivity index is 2.25. The number of hydrogen-bond acceptors (Lipinski definition) is 7. The summed E-state index contributed by atoms with van der Waals surface area (Å²) in [5.74, 6) is -0.883. The van der Waals surface area contributed by atoms with E-state index in [0.29, 0.717) is 35.4 Å². The van der Waals surface area contributed by atoms with Crippen LogP contribution in [0.4, 0.5) is 0 Å². The number of pyridine rings is 1. The molecule has 29 heavy (non-hydrogen) atoms. The van der Waals surface area contributed by atoms with E-state index in [4.69, 9.17) is 9.84 Å². The van der Waals surface area contributed by atoms with Crippen LogP contribution < -0.4 is 10.3 Å². The first kappa shape index (κ1) is 20.2. The lowest BCUT2D eigenvalue weighted by Gasteiger charge is -2.10. The minimum atomic E-state index is -1.12. The second-order valence-electron chi connectivity index (χ2n) is 6.44. The number of carboxylic acids is 1. The zero-order chi connectivity index (χ0) is 21.1. The topological polar surface area (TPSA) is 140 Å². The van der Waals surface area contributed by atoms with Crippen molar-refractivity contribution in [3.63, 3.8) is 0 Å². The Morgan fingerprint density at radius 1 is 1.31 bits per heavy atom. The van der Waals surface area contributed by atoms with Gasteiger partial charge in [0.1, 0.15) is 17.9 Å². The van der Waals surface area contributed by atoms with Gasteiger partial charge in [-0.05, 0) is 25.8 Å². The lowest BCUT2D eigenvalue weighted by atomic mass is 10.1. The number of ether oxygens (including phenoxy) is 1. The maximum absolute atomic E-state index is 12.8. The second-order valence-corrected chi connectivity index (χ2v) is 6.44. The van der Waals surface area contributed by atoms with Crippen LogP contribution >= 0.6 is 0 Å². The van der Waals surface area contributed by atoms with E-state index in [9.17, 15) is 14.4 Å². The number of hydrogen-bond donors (Lipinski definition) is 2. The molecule has 0 aliphatic heterocycles. The maximum atomic E-state index is 12.8. The van der Waals surface area contributed by atoms with Crippen molar-refractivity contribution >= 4 is 22.8 Å². The maximum Gasteiger partial charge on any atom is 0.325 e. The van der Waals surface area contributed by atoms with Crippen molar-refractivity contribution in [3.05, 3.63) is 33.9 Å². The summed E-state index contributed by atoms with van der Waals surface area (Å²) in [5.41, 5.74) is 1.08. The third kappa shape index (κ3) is 4.00. The number of aromatic nitrogens is 5. The standard InChI is InChI=1S/C19H21N5O5/c1-4-6-29-19-12(7-11(8-20-19)10(3)25)17-21-15-13(5-2)23-24(9-14(26)27)16(15)18(28)22-17/h7-8H,4-6,9H2,1-3H3,(H,26,27)(H,21,22,28). The van der Waals surface area contributed by atoms with Crippen LogP contribution in [-0.2, 0) is 17.8 Å². The summed E-state index contributed by atoms with van der Waals surface area (Å²) in [6.07, 6.45) is 2.63. The number of aryl methyl sites for hydroxylation is 1. The molecule has 152 valence electrons. The van der Waals surface area contributed by atoms with Crippen molar-refractivity contribution in [1.82, 2.24) is 24.7 Å². The molecule has 2 N–H and O–H groups in total. The highest BCUT2D eigenvalue weighted by molar-refractivity contribution is 5.95. The zero-order valence-corrected chi connectivity index (χ0v) is 16.4. The third-order valence-corrected chi connectivity index (χ3v) is 4.24. The number of carboxylic acid groups (broad SMARTS) is 1. The molecule has 3 aromatic heterocycles. The van der Waals surface area contributed by atoms with Gasteiger partial charge in [0.05, 0.1) is 17.9 Å². The van der Waals surface area contributed by atoms with Gasteiger partial charge in [-0.1, -0.05) is 13.8 Å². The Hall–Kier alpha value is -3.56. The number of aliphatic carboxylic acids is 1. The number of aromatic amines is 1. The Kier molecular flexibility index (Phi) is 5.71. The van der Waals surface area contributed by atoms with Gasteiger partial charge in [-0.3, -0.25) is 14.4 Å². The number of carbonyl (C=O) groups excluding carboxylic acids is 1. The van der Waals surface area contributed by atoms with E-state index >= 15 is 0 Å². The Morgan fingerprint density at radius 3 is 2.69 bits per heavy atom. The van der Waals surface area contributed by atoms with Gasteiger partial charge in [0.25, 0.3) is 5.56 Å². The minimum absolute atomic E-state index is 0.0831. The molecule has 3 aromatic rings. The van der Waals surface area contributed by atoms with Crippen LogP contribution in [0.25, 0.3) is 22.4 Å². The zero-order valence-electron chi connectivity index (χ0n) is 16.4. The summed E-state index contributed by atoms with van der Waals surface area (Å²) in [6.45, 7) is 5.15.